The molecule has 0 aliphatic heterocycles. The fourth-order valence-electron chi connectivity index (χ4n) is 1.58. The van der Waals surface area contributed by atoms with Crippen molar-refractivity contribution in [2.45, 2.75) is 20.8 Å². The Hall–Kier alpha value is -1.90. The van der Waals surface area contributed by atoms with Crippen LogP contribution in [0.5, 0.6) is 0 Å². The molecule has 0 saturated carbocycles. The SMILES string of the molecule is CC(=O)c1cnoc1-c1ccc(C)c(C)c1. The van der Waals surface area contributed by atoms with E-state index in [1.165, 1.54) is 24.2 Å². The summed E-state index contributed by atoms with van der Waals surface area (Å²) in [6, 6.07) is 5.95. The fraction of sp³-hybridized carbons (Fsp3) is 0.231. The first-order valence-electron chi connectivity index (χ1n) is 5.13. The van der Waals surface area contributed by atoms with Gasteiger partial charge in [-0.05, 0) is 38.0 Å². The molecule has 3 nitrogen and oxygen atoms in total. The van der Waals surface area contributed by atoms with Crippen molar-refractivity contribution in [3.8, 4) is 11.3 Å². The van der Waals surface area contributed by atoms with Gasteiger partial charge in [0, 0.05) is 5.56 Å². The topological polar surface area (TPSA) is 43.1 Å². The van der Waals surface area contributed by atoms with Crippen molar-refractivity contribution in [2.24, 2.45) is 0 Å². The third-order valence-corrected chi connectivity index (χ3v) is 2.72. The van der Waals surface area contributed by atoms with Gasteiger partial charge in [0.2, 0.25) is 0 Å². The van der Waals surface area contributed by atoms with Gasteiger partial charge in [-0.2, -0.15) is 0 Å². The smallest absolute Gasteiger partial charge is 0.177 e. The Morgan fingerprint density at radius 2 is 2.00 bits per heavy atom. The molecule has 2 aromatic rings. The molecular formula is C13H13NO2. The van der Waals surface area contributed by atoms with Gasteiger partial charge in [-0.1, -0.05) is 17.3 Å². The monoisotopic (exact) mass is 215 g/mol. The zero-order chi connectivity index (χ0) is 11.7. The molecule has 0 unspecified atom stereocenters. The predicted octanol–water partition coefficient (Wildman–Crippen LogP) is 3.16. The standard InChI is InChI=1S/C13H13NO2/c1-8-4-5-11(6-9(8)2)13-12(10(3)15)7-14-16-13/h4-7H,1-3H3. The van der Waals surface area contributed by atoms with Gasteiger partial charge in [-0.25, -0.2) is 0 Å². The number of benzene rings is 1. The maximum Gasteiger partial charge on any atom is 0.177 e. The maximum atomic E-state index is 11.4. The molecule has 0 aliphatic rings. The van der Waals surface area contributed by atoms with E-state index in [-0.39, 0.29) is 5.78 Å². The van der Waals surface area contributed by atoms with Crippen LogP contribution in [0.4, 0.5) is 0 Å². The van der Waals surface area contributed by atoms with Gasteiger partial charge in [0.25, 0.3) is 0 Å². The molecule has 0 saturated heterocycles. The van der Waals surface area contributed by atoms with E-state index in [9.17, 15) is 4.79 Å². The molecule has 0 amide bonds. The van der Waals surface area contributed by atoms with Gasteiger partial charge in [-0.3, -0.25) is 4.79 Å². The van der Waals surface area contributed by atoms with Crippen molar-refractivity contribution in [2.75, 3.05) is 0 Å². The zero-order valence-electron chi connectivity index (χ0n) is 9.57. The quantitative estimate of drug-likeness (QED) is 0.723. The van der Waals surface area contributed by atoms with Crippen molar-refractivity contribution in [1.82, 2.24) is 5.16 Å². The first-order chi connectivity index (χ1) is 7.59. The molecule has 0 aliphatic carbocycles. The number of rotatable bonds is 2. The van der Waals surface area contributed by atoms with Crippen molar-refractivity contribution in [3.63, 3.8) is 0 Å². The Morgan fingerprint density at radius 3 is 2.62 bits per heavy atom. The molecule has 1 heterocycles. The summed E-state index contributed by atoms with van der Waals surface area (Å²) in [5, 5.41) is 3.68. The Labute approximate surface area is 94.1 Å². The second-order valence-corrected chi connectivity index (χ2v) is 3.92. The van der Waals surface area contributed by atoms with Gasteiger partial charge < -0.3 is 4.52 Å². The first kappa shape index (κ1) is 10.6. The van der Waals surface area contributed by atoms with Gasteiger partial charge in [-0.15, -0.1) is 0 Å². The lowest BCUT2D eigenvalue weighted by Crippen LogP contribution is -1.92. The Bertz CT molecular complexity index is 541. The van der Waals surface area contributed by atoms with Crippen LogP contribution >= 0.6 is 0 Å². The number of aromatic nitrogens is 1. The van der Waals surface area contributed by atoms with Gasteiger partial charge in [0.05, 0.1) is 11.8 Å². The van der Waals surface area contributed by atoms with Gasteiger partial charge in [0.15, 0.2) is 11.5 Å². The Morgan fingerprint density at radius 1 is 1.25 bits per heavy atom. The molecular weight excluding hydrogens is 202 g/mol. The van der Waals surface area contributed by atoms with Crippen LogP contribution in [-0.4, -0.2) is 10.9 Å². The number of nitrogens with zero attached hydrogens (tertiary/aromatic N) is 1. The second kappa shape index (κ2) is 3.93. The van der Waals surface area contributed by atoms with E-state index in [0.29, 0.717) is 11.3 Å². The summed E-state index contributed by atoms with van der Waals surface area (Å²) in [5.74, 6) is 0.519. The largest absolute Gasteiger partial charge is 0.356 e. The van der Waals surface area contributed by atoms with E-state index in [2.05, 4.69) is 5.16 Å². The van der Waals surface area contributed by atoms with Gasteiger partial charge >= 0.3 is 0 Å². The Kier molecular flexibility index (Phi) is 2.60. The maximum absolute atomic E-state index is 11.4. The highest BCUT2D eigenvalue weighted by Gasteiger charge is 2.14. The molecule has 0 N–H and O–H groups in total. The summed E-state index contributed by atoms with van der Waals surface area (Å²) in [6.45, 7) is 5.59. The summed E-state index contributed by atoms with van der Waals surface area (Å²) >= 11 is 0. The van der Waals surface area contributed by atoms with E-state index >= 15 is 0 Å². The molecule has 2 rings (SSSR count). The van der Waals surface area contributed by atoms with E-state index in [0.717, 1.165) is 5.56 Å². The zero-order valence-corrected chi connectivity index (χ0v) is 9.57. The van der Waals surface area contributed by atoms with Crippen LogP contribution in [0.1, 0.15) is 28.4 Å². The molecule has 0 spiro atoms. The molecule has 0 radical (unpaired) electrons. The molecule has 82 valence electrons. The number of hydrogen-bond acceptors (Lipinski definition) is 3. The summed E-state index contributed by atoms with van der Waals surface area (Å²) in [4.78, 5) is 11.4. The molecule has 0 atom stereocenters. The molecule has 0 fully saturated rings. The van der Waals surface area contributed by atoms with Crippen LogP contribution in [0.15, 0.2) is 28.9 Å². The van der Waals surface area contributed by atoms with E-state index in [1.807, 2.05) is 32.0 Å². The normalized spacial score (nSPS) is 10.4. The Balaban J connectivity index is 2.54. The number of ketones is 1. The van der Waals surface area contributed by atoms with Crippen LogP contribution in [-0.2, 0) is 0 Å². The molecule has 3 heteroatoms. The number of hydrogen-bond donors (Lipinski definition) is 0. The number of carbonyl (C=O) groups excluding carboxylic acids is 1. The minimum atomic E-state index is -0.0329. The fourth-order valence-corrected chi connectivity index (χ4v) is 1.58. The van der Waals surface area contributed by atoms with Crippen LogP contribution in [0, 0.1) is 13.8 Å². The second-order valence-electron chi connectivity index (χ2n) is 3.92. The molecule has 1 aromatic heterocycles. The number of aryl methyl sites for hydroxylation is 2. The lowest BCUT2D eigenvalue weighted by Gasteiger charge is -2.03. The molecule has 0 bridgehead atoms. The summed E-state index contributed by atoms with van der Waals surface area (Å²) in [7, 11) is 0. The van der Waals surface area contributed by atoms with Crippen molar-refractivity contribution in [3.05, 3.63) is 41.1 Å². The average molecular weight is 215 g/mol. The highest BCUT2D eigenvalue weighted by molar-refractivity contribution is 5.99. The van der Waals surface area contributed by atoms with Crippen LogP contribution in [0.2, 0.25) is 0 Å². The summed E-state index contributed by atoms with van der Waals surface area (Å²) < 4.78 is 5.14. The number of Topliss-reactive ketones (excluding diaryl/α,β-unsaturated/α-hetero) is 1. The van der Waals surface area contributed by atoms with E-state index in [4.69, 9.17) is 4.52 Å². The van der Waals surface area contributed by atoms with Crippen LogP contribution in [0.3, 0.4) is 0 Å². The van der Waals surface area contributed by atoms with E-state index < -0.39 is 0 Å². The van der Waals surface area contributed by atoms with E-state index in [1.54, 1.807) is 0 Å². The summed E-state index contributed by atoms with van der Waals surface area (Å²) in [5.41, 5.74) is 3.81. The van der Waals surface area contributed by atoms with Crippen molar-refractivity contribution >= 4 is 5.78 Å². The van der Waals surface area contributed by atoms with Crippen LogP contribution < -0.4 is 0 Å². The first-order valence-corrected chi connectivity index (χ1v) is 5.13. The highest BCUT2D eigenvalue weighted by atomic mass is 16.5. The lowest BCUT2D eigenvalue weighted by molar-refractivity contribution is 0.101. The lowest BCUT2D eigenvalue weighted by atomic mass is 10.0. The summed E-state index contributed by atoms with van der Waals surface area (Å²) in [6.07, 6.45) is 1.47. The minimum absolute atomic E-state index is 0.0329. The number of carbonyl (C=O) groups is 1. The third-order valence-electron chi connectivity index (χ3n) is 2.72. The minimum Gasteiger partial charge on any atom is -0.356 e. The van der Waals surface area contributed by atoms with Crippen LogP contribution in [0.25, 0.3) is 11.3 Å². The molecule has 16 heavy (non-hydrogen) atoms. The highest BCUT2D eigenvalue weighted by Crippen LogP contribution is 2.25. The average Bonchev–Trinajstić information content (AvgIpc) is 2.71. The van der Waals surface area contributed by atoms with Gasteiger partial charge in [0.1, 0.15) is 0 Å². The van der Waals surface area contributed by atoms with Crippen molar-refractivity contribution in [1.29, 1.82) is 0 Å². The van der Waals surface area contributed by atoms with Crippen molar-refractivity contribution < 1.29 is 9.32 Å². The third kappa shape index (κ3) is 1.76. The molecule has 1 aromatic carbocycles. The predicted molar refractivity (Wildman–Crippen MR) is 61.4 cm³/mol.